The zero-order valence-electron chi connectivity index (χ0n) is 12.0. The van der Waals surface area contributed by atoms with Crippen LogP contribution in [0.15, 0.2) is 41.5 Å². The molecule has 1 aromatic rings. The molecule has 0 saturated heterocycles. The van der Waals surface area contributed by atoms with E-state index in [4.69, 9.17) is 9.29 Å². The summed E-state index contributed by atoms with van der Waals surface area (Å²) >= 11 is 0.777. The molecule has 0 bridgehead atoms. The molecular formula is C15H24N2O2S. The predicted octanol–water partition coefficient (Wildman–Crippen LogP) is 2.52. The molecule has 0 saturated carbocycles. The predicted molar refractivity (Wildman–Crippen MR) is 85.1 cm³/mol. The topological polar surface area (TPSA) is 53.5 Å². The summed E-state index contributed by atoms with van der Waals surface area (Å²) < 4.78 is 14.3. The summed E-state index contributed by atoms with van der Waals surface area (Å²) in [4.78, 5) is 0.872. The van der Waals surface area contributed by atoms with Crippen LogP contribution in [0.1, 0.15) is 12.0 Å². The van der Waals surface area contributed by atoms with Crippen LogP contribution in [0, 0.1) is 0 Å². The fourth-order valence-electron chi connectivity index (χ4n) is 1.67. The molecule has 0 aliphatic carbocycles. The number of ether oxygens (including phenoxy) is 1. The summed E-state index contributed by atoms with van der Waals surface area (Å²) in [5.41, 5.74) is 1.26. The number of benzene rings is 1. The third-order valence-corrected chi connectivity index (χ3v) is 3.34. The van der Waals surface area contributed by atoms with E-state index in [1.165, 1.54) is 5.56 Å². The highest BCUT2D eigenvalue weighted by molar-refractivity contribution is 7.93. The Morgan fingerprint density at radius 2 is 2.00 bits per heavy atom. The summed E-state index contributed by atoms with van der Waals surface area (Å²) in [6.07, 6.45) is 1.81. The lowest BCUT2D eigenvalue weighted by atomic mass is 10.1. The van der Waals surface area contributed by atoms with Crippen molar-refractivity contribution in [2.75, 3.05) is 33.3 Å². The highest BCUT2D eigenvalue weighted by atomic mass is 32.2. The fourth-order valence-corrected chi connectivity index (χ4v) is 1.93. The molecular weight excluding hydrogens is 272 g/mol. The molecule has 0 heterocycles. The SMILES string of the molecule is C=C(CCNCCc1ccc(SO)cc1)OCCNC. The Labute approximate surface area is 125 Å². The van der Waals surface area contributed by atoms with Crippen LogP contribution in [0.5, 0.6) is 0 Å². The van der Waals surface area contributed by atoms with Crippen LogP contribution in [0.2, 0.25) is 0 Å². The number of hydrogen-bond acceptors (Lipinski definition) is 5. The van der Waals surface area contributed by atoms with Gasteiger partial charge in [-0.2, -0.15) is 0 Å². The van der Waals surface area contributed by atoms with Gasteiger partial charge in [0, 0.05) is 36.4 Å². The van der Waals surface area contributed by atoms with Gasteiger partial charge in [-0.1, -0.05) is 18.7 Å². The van der Waals surface area contributed by atoms with Crippen LogP contribution >= 0.6 is 12.0 Å². The maximum Gasteiger partial charge on any atom is 0.100 e. The van der Waals surface area contributed by atoms with Crippen molar-refractivity contribution in [2.45, 2.75) is 17.7 Å². The smallest absolute Gasteiger partial charge is 0.100 e. The van der Waals surface area contributed by atoms with Crippen LogP contribution in [-0.2, 0) is 11.2 Å². The van der Waals surface area contributed by atoms with E-state index < -0.39 is 0 Å². The van der Waals surface area contributed by atoms with E-state index in [1.54, 1.807) is 0 Å². The van der Waals surface area contributed by atoms with Gasteiger partial charge in [0.25, 0.3) is 0 Å². The second-order valence-electron chi connectivity index (χ2n) is 4.48. The minimum Gasteiger partial charge on any atom is -0.497 e. The standard InChI is InChI=1S/C15H24N2O2S/c1-13(19-12-11-16-2)7-9-17-10-8-14-3-5-15(20-18)6-4-14/h3-6,16-18H,1,7-12H2,2H3. The molecule has 5 heteroatoms. The monoisotopic (exact) mass is 296 g/mol. The molecule has 112 valence electrons. The molecule has 0 aliphatic rings. The van der Waals surface area contributed by atoms with Gasteiger partial charge in [0.15, 0.2) is 0 Å². The van der Waals surface area contributed by atoms with Gasteiger partial charge >= 0.3 is 0 Å². The normalized spacial score (nSPS) is 10.5. The summed E-state index contributed by atoms with van der Waals surface area (Å²) in [5.74, 6) is 0.831. The highest BCUT2D eigenvalue weighted by Gasteiger charge is 1.97. The van der Waals surface area contributed by atoms with Gasteiger partial charge in [0.05, 0.1) is 5.76 Å². The lowest BCUT2D eigenvalue weighted by Crippen LogP contribution is -2.20. The number of rotatable bonds is 11. The van der Waals surface area contributed by atoms with Crippen molar-refractivity contribution < 1.29 is 9.29 Å². The zero-order valence-corrected chi connectivity index (χ0v) is 12.8. The molecule has 0 atom stereocenters. The Kier molecular flexibility index (Phi) is 9.15. The largest absolute Gasteiger partial charge is 0.497 e. The third-order valence-electron chi connectivity index (χ3n) is 2.86. The molecule has 20 heavy (non-hydrogen) atoms. The first-order valence-corrected chi connectivity index (χ1v) is 7.60. The van der Waals surface area contributed by atoms with Crippen LogP contribution in [0.3, 0.4) is 0 Å². The van der Waals surface area contributed by atoms with Crippen molar-refractivity contribution in [3.05, 3.63) is 42.2 Å². The summed E-state index contributed by atoms with van der Waals surface area (Å²) in [7, 11) is 1.90. The van der Waals surface area contributed by atoms with Crippen LogP contribution in [0.4, 0.5) is 0 Å². The molecule has 0 amide bonds. The fraction of sp³-hybridized carbons (Fsp3) is 0.467. The van der Waals surface area contributed by atoms with E-state index in [9.17, 15) is 0 Å². The van der Waals surface area contributed by atoms with E-state index in [0.29, 0.717) is 6.61 Å². The van der Waals surface area contributed by atoms with E-state index >= 15 is 0 Å². The maximum absolute atomic E-state index is 8.88. The Bertz CT molecular complexity index is 382. The second-order valence-corrected chi connectivity index (χ2v) is 5.13. The van der Waals surface area contributed by atoms with Gasteiger partial charge in [0.1, 0.15) is 6.61 Å². The van der Waals surface area contributed by atoms with Gasteiger partial charge in [-0.05, 0) is 37.7 Å². The number of hydrogen-bond donors (Lipinski definition) is 3. The molecule has 3 N–H and O–H groups in total. The van der Waals surface area contributed by atoms with Crippen LogP contribution in [-0.4, -0.2) is 37.8 Å². The van der Waals surface area contributed by atoms with Gasteiger partial charge in [-0.25, -0.2) is 0 Å². The molecule has 0 spiro atoms. The zero-order chi connectivity index (χ0) is 14.6. The van der Waals surface area contributed by atoms with E-state index in [0.717, 1.165) is 55.2 Å². The van der Waals surface area contributed by atoms with Crippen LogP contribution < -0.4 is 10.6 Å². The summed E-state index contributed by atoms with van der Waals surface area (Å²) in [6, 6.07) is 7.94. The van der Waals surface area contributed by atoms with Gasteiger partial charge in [-0.15, -0.1) is 0 Å². The molecule has 0 unspecified atom stereocenters. The number of likely N-dealkylation sites (N-methyl/N-ethyl adjacent to an activating group) is 1. The van der Waals surface area contributed by atoms with Gasteiger partial charge in [0.2, 0.25) is 0 Å². The van der Waals surface area contributed by atoms with E-state index in [2.05, 4.69) is 17.2 Å². The third kappa shape index (κ3) is 7.55. The Morgan fingerprint density at radius 1 is 1.25 bits per heavy atom. The van der Waals surface area contributed by atoms with Crippen molar-refractivity contribution in [1.82, 2.24) is 10.6 Å². The quantitative estimate of drug-likeness (QED) is 0.333. The van der Waals surface area contributed by atoms with Gasteiger partial charge < -0.3 is 19.9 Å². The summed E-state index contributed by atoms with van der Waals surface area (Å²) in [5, 5.41) is 6.40. The number of nitrogens with one attached hydrogen (secondary N) is 2. The Balaban J connectivity index is 2.05. The lowest BCUT2D eigenvalue weighted by molar-refractivity contribution is 0.206. The second kappa shape index (κ2) is 10.7. The molecule has 0 aliphatic heterocycles. The summed E-state index contributed by atoms with van der Waals surface area (Å²) in [6.45, 7) is 7.20. The van der Waals surface area contributed by atoms with Crippen molar-refractivity contribution >= 4 is 12.0 Å². The molecule has 0 aromatic heterocycles. The first kappa shape index (κ1) is 17.0. The van der Waals surface area contributed by atoms with E-state index in [1.807, 2.05) is 31.3 Å². The molecule has 1 aromatic carbocycles. The average Bonchev–Trinajstić information content (AvgIpc) is 2.48. The Hall–Kier alpha value is -1.01. The van der Waals surface area contributed by atoms with Crippen molar-refractivity contribution in [2.24, 2.45) is 0 Å². The van der Waals surface area contributed by atoms with E-state index in [-0.39, 0.29) is 0 Å². The van der Waals surface area contributed by atoms with Crippen LogP contribution in [0.25, 0.3) is 0 Å². The molecule has 0 fully saturated rings. The highest BCUT2D eigenvalue weighted by Crippen LogP contribution is 2.14. The maximum atomic E-state index is 8.88. The van der Waals surface area contributed by atoms with Crippen molar-refractivity contribution in [3.63, 3.8) is 0 Å². The first-order valence-electron chi connectivity index (χ1n) is 6.82. The first-order chi connectivity index (χ1) is 9.76. The Morgan fingerprint density at radius 3 is 2.65 bits per heavy atom. The van der Waals surface area contributed by atoms with Gasteiger partial charge in [-0.3, -0.25) is 0 Å². The van der Waals surface area contributed by atoms with Crippen molar-refractivity contribution in [1.29, 1.82) is 0 Å². The minimum absolute atomic E-state index is 0.671. The molecule has 0 radical (unpaired) electrons. The van der Waals surface area contributed by atoms with Crippen molar-refractivity contribution in [3.8, 4) is 0 Å². The molecule has 1 rings (SSSR count). The molecule has 4 nitrogen and oxygen atoms in total. The minimum atomic E-state index is 0.671. The lowest BCUT2D eigenvalue weighted by Gasteiger charge is -2.09. The average molecular weight is 296 g/mol.